The first-order chi connectivity index (χ1) is 17.7. The number of aromatic nitrogens is 7. The highest BCUT2D eigenvalue weighted by molar-refractivity contribution is 5.89. The highest BCUT2D eigenvalue weighted by Gasteiger charge is 2.36. The number of piperidine rings is 1. The Morgan fingerprint density at radius 3 is 2.76 bits per heavy atom. The van der Waals surface area contributed by atoms with Crippen molar-refractivity contribution in [3.8, 4) is 11.3 Å². The summed E-state index contributed by atoms with van der Waals surface area (Å²) in [5.41, 5.74) is 7.44. The third-order valence-corrected chi connectivity index (χ3v) is 5.63. The number of nitrogen functional groups attached to an aromatic ring is 1. The second-order valence-electron chi connectivity index (χ2n) is 8.19. The van der Waals surface area contributed by atoms with Gasteiger partial charge in [-0.15, -0.1) is 10.2 Å². The number of pyridine rings is 1. The summed E-state index contributed by atoms with van der Waals surface area (Å²) in [5, 5.41) is 23.1. The van der Waals surface area contributed by atoms with Gasteiger partial charge in [-0.1, -0.05) is 5.21 Å². The number of likely N-dealkylation sites (tertiary alicyclic amines) is 1. The molecule has 16 heteroatoms. The number of nitrogens with two attached hydrogens (primary N) is 1. The predicted octanol–water partition coefficient (Wildman–Crippen LogP) is 1.50. The SMILES string of the molecule is CNc1nc(N)nn2cc(F)c(-c3ccc4nnn(CCF)c4n3)c12.O=C(CO)N1CCCC(F)(F)C1. The van der Waals surface area contributed by atoms with Gasteiger partial charge < -0.3 is 21.1 Å². The number of nitrogens with one attached hydrogen (secondary N) is 1. The number of amides is 1. The van der Waals surface area contributed by atoms with E-state index in [1.807, 2.05) is 0 Å². The summed E-state index contributed by atoms with van der Waals surface area (Å²) >= 11 is 0. The molecule has 1 saturated heterocycles. The van der Waals surface area contributed by atoms with E-state index in [1.165, 1.54) is 15.4 Å². The number of carbonyl (C=O) groups is 1. The third-order valence-electron chi connectivity index (χ3n) is 5.63. The van der Waals surface area contributed by atoms with Gasteiger partial charge in [-0.3, -0.25) is 4.79 Å². The molecular formula is C21H24F4N10O2. The number of aryl methyl sites for hydroxylation is 1. The molecule has 4 aromatic heterocycles. The molecule has 1 aliphatic heterocycles. The number of hydrogen-bond donors (Lipinski definition) is 3. The normalized spacial score (nSPS) is 15.0. The first-order valence-electron chi connectivity index (χ1n) is 11.2. The summed E-state index contributed by atoms with van der Waals surface area (Å²) in [6.07, 6.45) is 1.34. The number of anilines is 2. The Morgan fingerprint density at radius 2 is 2.08 bits per heavy atom. The molecule has 1 amide bonds. The van der Waals surface area contributed by atoms with E-state index >= 15 is 0 Å². The fourth-order valence-corrected chi connectivity index (χ4v) is 3.99. The lowest BCUT2D eigenvalue weighted by Gasteiger charge is -2.31. The summed E-state index contributed by atoms with van der Waals surface area (Å²) in [4.78, 5) is 20.3. The second-order valence-corrected chi connectivity index (χ2v) is 8.19. The maximum Gasteiger partial charge on any atom is 0.265 e. The lowest BCUT2D eigenvalue weighted by molar-refractivity contribution is -0.144. The fraction of sp³-hybridized carbons (Fsp3) is 0.429. The van der Waals surface area contributed by atoms with Crippen LogP contribution in [0.2, 0.25) is 0 Å². The number of aliphatic hydroxyl groups excluding tert-OH is 1. The van der Waals surface area contributed by atoms with Gasteiger partial charge in [-0.2, -0.15) is 4.98 Å². The van der Waals surface area contributed by atoms with Crippen molar-refractivity contribution in [3.05, 3.63) is 24.1 Å². The first-order valence-corrected chi connectivity index (χ1v) is 11.2. The Morgan fingerprint density at radius 1 is 1.30 bits per heavy atom. The molecule has 0 aromatic carbocycles. The topological polar surface area (TPSA) is 152 Å². The van der Waals surface area contributed by atoms with Crippen LogP contribution in [0.4, 0.5) is 29.3 Å². The van der Waals surface area contributed by atoms with Crippen LogP contribution in [0.25, 0.3) is 27.9 Å². The standard InChI is InChI=1S/C14H13F2N9.C7H11F2NO2/c1-18-12-11-10(7(16)6-25(11)22-14(17)20-12)8-2-3-9-13(19-8)24(5-4-15)23-21-9;8-7(9)2-1-3-10(5-7)6(12)4-11/h2-3,6H,4-5H2,1H3,(H3,17,18,20,22);11H,1-5H2. The molecule has 0 unspecified atom stereocenters. The van der Waals surface area contributed by atoms with Crippen LogP contribution < -0.4 is 11.1 Å². The van der Waals surface area contributed by atoms with Crippen molar-refractivity contribution in [1.29, 1.82) is 0 Å². The maximum absolute atomic E-state index is 14.6. The fourth-order valence-electron chi connectivity index (χ4n) is 3.99. The van der Waals surface area contributed by atoms with E-state index in [9.17, 15) is 22.4 Å². The van der Waals surface area contributed by atoms with Crippen LogP contribution in [-0.4, -0.2) is 89.8 Å². The monoisotopic (exact) mass is 524 g/mol. The van der Waals surface area contributed by atoms with Gasteiger partial charge in [0.2, 0.25) is 11.9 Å². The Labute approximate surface area is 207 Å². The zero-order valence-corrected chi connectivity index (χ0v) is 19.7. The van der Waals surface area contributed by atoms with Gasteiger partial charge in [-0.05, 0) is 18.6 Å². The van der Waals surface area contributed by atoms with Gasteiger partial charge in [0.1, 0.15) is 24.3 Å². The molecule has 1 fully saturated rings. The lowest BCUT2D eigenvalue weighted by Crippen LogP contribution is -2.46. The van der Waals surface area contributed by atoms with Crippen LogP contribution in [0.1, 0.15) is 12.8 Å². The molecule has 4 aromatic rings. The molecule has 5 rings (SSSR count). The molecule has 1 aliphatic rings. The van der Waals surface area contributed by atoms with Crippen LogP contribution in [0.15, 0.2) is 18.3 Å². The predicted molar refractivity (Wildman–Crippen MR) is 125 cm³/mol. The largest absolute Gasteiger partial charge is 0.387 e. The molecule has 0 radical (unpaired) electrons. The number of alkyl halides is 3. The molecule has 0 spiro atoms. The molecule has 0 aliphatic carbocycles. The first kappa shape index (κ1) is 26.0. The molecule has 0 bridgehead atoms. The highest BCUT2D eigenvalue weighted by atomic mass is 19.3. The average molecular weight is 524 g/mol. The Kier molecular flexibility index (Phi) is 7.37. The summed E-state index contributed by atoms with van der Waals surface area (Å²) in [5.74, 6) is -3.55. The van der Waals surface area contributed by atoms with Crippen molar-refractivity contribution >= 4 is 34.4 Å². The molecule has 5 heterocycles. The minimum Gasteiger partial charge on any atom is -0.387 e. The smallest absolute Gasteiger partial charge is 0.265 e. The van der Waals surface area contributed by atoms with Crippen molar-refractivity contribution in [3.63, 3.8) is 0 Å². The second kappa shape index (κ2) is 10.5. The number of rotatable bonds is 5. The Bertz CT molecular complexity index is 1420. The number of hydrogen-bond acceptors (Lipinski definition) is 9. The number of nitrogens with zero attached hydrogens (tertiary/aromatic N) is 8. The molecule has 12 nitrogen and oxygen atoms in total. The van der Waals surface area contributed by atoms with Crippen molar-refractivity contribution in [2.75, 3.05) is 44.5 Å². The highest BCUT2D eigenvalue weighted by Crippen LogP contribution is 2.32. The summed E-state index contributed by atoms with van der Waals surface area (Å²) < 4.78 is 55.3. The van der Waals surface area contributed by atoms with Gasteiger partial charge in [0, 0.05) is 20.0 Å². The Hall–Kier alpha value is -4.08. The minimum absolute atomic E-state index is 0.00651. The van der Waals surface area contributed by atoms with E-state index in [0.29, 0.717) is 41.2 Å². The summed E-state index contributed by atoms with van der Waals surface area (Å²) in [6, 6.07) is 3.27. The van der Waals surface area contributed by atoms with E-state index in [0.717, 1.165) is 4.90 Å². The molecular weight excluding hydrogens is 500 g/mol. The van der Waals surface area contributed by atoms with Crippen molar-refractivity contribution in [2.24, 2.45) is 0 Å². The quantitative estimate of drug-likeness (QED) is 0.330. The number of carbonyl (C=O) groups excluding carboxylic acids is 1. The molecule has 37 heavy (non-hydrogen) atoms. The summed E-state index contributed by atoms with van der Waals surface area (Å²) in [6.45, 7) is -1.49. The van der Waals surface area contributed by atoms with Crippen LogP contribution in [-0.2, 0) is 11.3 Å². The summed E-state index contributed by atoms with van der Waals surface area (Å²) in [7, 11) is 1.65. The number of halogens is 4. The molecule has 0 saturated carbocycles. The zero-order valence-electron chi connectivity index (χ0n) is 19.7. The van der Waals surface area contributed by atoms with Gasteiger partial charge in [-0.25, -0.2) is 31.7 Å². The molecule has 198 valence electrons. The van der Waals surface area contributed by atoms with Crippen molar-refractivity contribution in [1.82, 2.24) is 39.5 Å². The van der Waals surface area contributed by atoms with E-state index < -0.39 is 37.5 Å². The average Bonchev–Trinajstić information content (AvgIpc) is 3.42. The van der Waals surface area contributed by atoms with Crippen LogP contribution in [0.3, 0.4) is 0 Å². The number of aliphatic hydroxyl groups is 1. The Balaban J connectivity index is 0.000000225. The third kappa shape index (κ3) is 5.37. The minimum atomic E-state index is -2.77. The maximum atomic E-state index is 14.6. The van der Waals surface area contributed by atoms with Crippen LogP contribution >= 0.6 is 0 Å². The van der Waals surface area contributed by atoms with Crippen LogP contribution in [0, 0.1) is 5.82 Å². The van der Waals surface area contributed by atoms with Crippen molar-refractivity contribution < 1.29 is 27.5 Å². The van der Waals surface area contributed by atoms with E-state index in [-0.39, 0.29) is 24.5 Å². The number of fused-ring (bicyclic) bond motifs is 2. The van der Waals surface area contributed by atoms with Gasteiger partial charge >= 0.3 is 0 Å². The van der Waals surface area contributed by atoms with Gasteiger partial charge in [0.15, 0.2) is 17.3 Å². The van der Waals surface area contributed by atoms with Crippen LogP contribution in [0.5, 0.6) is 0 Å². The van der Waals surface area contributed by atoms with Gasteiger partial charge in [0.25, 0.3) is 5.92 Å². The lowest BCUT2D eigenvalue weighted by atomic mass is 10.1. The molecule has 4 N–H and O–H groups in total. The molecule has 0 atom stereocenters. The zero-order chi connectivity index (χ0) is 26.7. The van der Waals surface area contributed by atoms with Crippen molar-refractivity contribution in [2.45, 2.75) is 25.3 Å². The van der Waals surface area contributed by atoms with E-state index in [2.05, 4.69) is 30.7 Å². The van der Waals surface area contributed by atoms with Gasteiger partial charge in [0.05, 0.1) is 30.5 Å². The van der Waals surface area contributed by atoms with E-state index in [4.69, 9.17) is 10.8 Å². The van der Waals surface area contributed by atoms with E-state index in [1.54, 1.807) is 19.2 Å².